The Balaban J connectivity index is 2.81. The number of esters is 1. The highest BCUT2D eigenvalue weighted by Crippen LogP contribution is 2.32. The Bertz CT molecular complexity index is 170. The molecule has 0 radical (unpaired) electrons. The Kier molecular flexibility index (Phi) is 1.30. The third-order valence-corrected chi connectivity index (χ3v) is 1.58. The maximum atomic E-state index is 10.8. The van der Waals surface area contributed by atoms with Crippen molar-refractivity contribution in [1.82, 2.24) is 0 Å². The maximum Gasteiger partial charge on any atom is 0.338 e. The monoisotopic (exact) mass is 144 g/mol. The zero-order valence-electron chi connectivity index (χ0n) is 6.47. The van der Waals surface area contributed by atoms with E-state index in [4.69, 9.17) is 4.74 Å². The van der Waals surface area contributed by atoms with E-state index in [9.17, 15) is 9.90 Å². The third kappa shape index (κ3) is 1.14. The SMILES string of the molecule is CC1(C)C[C@](C)(O)C(=O)O1. The quantitative estimate of drug-likeness (QED) is 0.502. The normalized spacial score (nSPS) is 37.8. The molecular formula is C7H12O3. The van der Waals surface area contributed by atoms with Crippen LogP contribution in [0.2, 0.25) is 0 Å². The van der Waals surface area contributed by atoms with E-state index in [0.29, 0.717) is 6.42 Å². The molecule has 1 N–H and O–H groups in total. The molecule has 1 heterocycles. The number of hydrogen-bond acceptors (Lipinski definition) is 3. The number of hydrogen-bond donors (Lipinski definition) is 1. The fourth-order valence-electron chi connectivity index (χ4n) is 1.30. The van der Waals surface area contributed by atoms with Crippen molar-refractivity contribution in [3.05, 3.63) is 0 Å². The topological polar surface area (TPSA) is 46.5 Å². The van der Waals surface area contributed by atoms with Gasteiger partial charge >= 0.3 is 5.97 Å². The van der Waals surface area contributed by atoms with Gasteiger partial charge in [-0.25, -0.2) is 4.79 Å². The predicted octanol–water partition coefficient (Wildman–Crippen LogP) is 0.463. The first-order chi connectivity index (χ1) is 4.33. The number of rotatable bonds is 0. The van der Waals surface area contributed by atoms with Gasteiger partial charge in [-0.2, -0.15) is 0 Å². The van der Waals surface area contributed by atoms with E-state index < -0.39 is 17.2 Å². The van der Waals surface area contributed by atoms with Crippen molar-refractivity contribution in [2.45, 2.75) is 38.4 Å². The van der Waals surface area contributed by atoms with Crippen LogP contribution in [0.3, 0.4) is 0 Å². The summed E-state index contributed by atoms with van der Waals surface area (Å²) in [6.45, 7) is 5.04. The molecule has 1 atom stereocenters. The van der Waals surface area contributed by atoms with Crippen molar-refractivity contribution >= 4 is 5.97 Å². The van der Waals surface area contributed by atoms with Gasteiger partial charge in [0, 0.05) is 6.42 Å². The van der Waals surface area contributed by atoms with Crippen LogP contribution < -0.4 is 0 Å². The van der Waals surface area contributed by atoms with Crippen LogP contribution in [-0.4, -0.2) is 22.3 Å². The summed E-state index contributed by atoms with van der Waals surface area (Å²) in [6, 6.07) is 0. The van der Waals surface area contributed by atoms with Gasteiger partial charge in [0.05, 0.1) is 0 Å². The average Bonchev–Trinajstić information content (AvgIpc) is 1.73. The Labute approximate surface area is 60.0 Å². The Hall–Kier alpha value is -0.570. The second kappa shape index (κ2) is 1.72. The standard InChI is InChI=1S/C7H12O3/c1-6(2)4-7(3,9)5(8)10-6/h9H,4H2,1-3H3/t7-/m0/s1. The summed E-state index contributed by atoms with van der Waals surface area (Å²) in [6.07, 6.45) is 0.374. The summed E-state index contributed by atoms with van der Waals surface area (Å²) in [5.74, 6) is -0.516. The van der Waals surface area contributed by atoms with Crippen LogP contribution in [0.5, 0.6) is 0 Å². The molecule has 0 bridgehead atoms. The molecule has 58 valence electrons. The summed E-state index contributed by atoms with van der Waals surface area (Å²) in [7, 11) is 0. The third-order valence-electron chi connectivity index (χ3n) is 1.58. The van der Waals surface area contributed by atoms with Gasteiger partial charge in [0.1, 0.15) is 5.60 Å². The molecule has 1 fully saturated rings. The number of carbonyl (C=O) groups excluding carboxylic acids is 1. The average molecular weight is 144 g/mol. The molecule has 0 aromatic heterocycles. The van der Waals surface area contributed by atoms with Crippen LogP contribution >= 0.6 is 0 Å². The first kappa shape index (κ1) is 7.54. The van der Waals surface area contributed by atoms with Crippen LogP contribution in [0.4, 0.5) is 0 Å². The largest absolute Gasteiger partial charge is 0.457 e. The van der Waals surface area contributed by atoms with Gasteiger partial charge in [-0.1, -0.05) is 0 Å². The molecule has 1 saturated heterocycles. The van der Waals surface area contributed by atoms with Crippen molar-refractivity contribution in [2.24, 2.45) is 0 Å². The molecular weight excluding hydrogens is 132 g/mol. The van der Waals surface area contributed by atoms with Gasteiger partial charge in [-0.3, -0.25) is 0 Å². The Morgan fingerprint density at radius 3 is 2.10 bits per heavy atom. The number of ether oxygens (including phenoxy) is 1. The fraction of sp³-hybridized carbons (Fsp3) is 0.857. The van der Waals surface area contributed by atoms with Gasteiger partial charge in [0.15, 0.2) is 5.60 Å². The molecule has 1 aliphatic rings. The second-order valence-electron chi connectivity index (χ2n) is 3.60. The summed E-state index contributed by atoms with van der Waals surface area (Å²) >= 11 is 0. The highest BCUT2D eigenvalue weighted by Gasteiger charge is 2.48. The molecule has 1 rings (SSSR count). The minimum absolute atomic E-state index is 0.374. The lowest BCUT2D eigenvalue weighted by molar-refractivity contribution is -0.156. The smallest absolute Gasteiger partial charge is 0.338 e. The molecule has 3 nitrogen and oxygen atoms in total. The van der Waals surface area contributed by atoms with Gasteiger partial charge in [0.2, 0.25) is 0 Å². The zero-order chi connectivity index (χ0) is 7.99. The Morgan fingerprint density at radius 2 is 2.00 bits per heavy atom. The van der Waals surface area contributed by atoms with Gasteiger partial charge < -0.3 is 9.84 Å². The van der Waals surface area contributed by atoms with Crippen molar-refractivity contribution in [2.75, 3.05) is 0 Å². The van der Waals surface area contributed by atoms with Gasteiger partial charge in [0.25, 0.3) is 0 Å². The molecule has 10 heavy (non-hydrogen) atoms. The highest BCUT2D eigenvalue weighted by molar-refractivity contribution is 5.81. The van der Waals surface area contributed by atoms with Crippen LogP contribution in [-0.2, 0) is 9.53 Å². The molecule has 0 unspecified atom stereocenters. The Morgan fingerprint density at radius 1 is 1.50 bits per heavy atom. The lowest BCUT2D eigenvalue weighted by Crippen LogP contribution is -2.29. The minimum Gasteiger partial charge on any atom is -0.457 e. The van der Waals surface area contributed by atoms with Crippen molar-refractivity contribution in [3.8, 4) is 0 Å². The van der Waals surface area contributed by atoms with Crippen molar-refractivity contribution in [3.63, 3.8) is 0 Å². The summed E-state index contributed by atoms with van der Waals surface area (Å²) in [5, 5.41) is 9.32. The highest BCUT2D eigenvalue weighted by atomic mass is 16.6. The molecule has 3 heteroatoms. The summed E-state index contributed by atoms with van der Waals surface area (Å²) in [4.78, 5) is 10.8. The van der Waals surface area contributed by atoms with Crippen molar-refractivity contribution < 1.29 is 14.6 Å². The second-order valence-corrected chi connectivity index (χ2v) is 3.60. The maximum absolute atomic E-state index is 10.8. The van der Waals surface area contributed by atoms with E-state index in [1.807, 2.05) is 0 Å². The van der Waals surface area contributed by atoms with E-state index >= 15 is 0 Å². The van der Waals surface area contributed by atoms with Gasteiger partial charge in [-0.15, -0.1) is 0 Å². The van der Waals surface area contributed by atoms with E-state index in [-0.39, 0.29) is 0 Å². The van der Waals surface area contributed by atoms with E-state index in [2.05, 4.69) is 0 Å². The van der Waals surface area contributed by atoms with Crippen LogP contribution in [0.15, 0.2) is 0 Å². The molecule has 0 amide bonds. The number of aliphatic hydroxyl groups is 1. The number of cyclic esters (lactones) is 1. The van der Waals surface area contributed by atoms with E-state index in [0.717, 1.165) is 0 Å². The molecule has 1 aliphatic heterocycles. The zero-order valence-corrected chi connectivity index (χ0v) is 6.47. The molecule has 0 saturated carbocycles. The van der Waals surface area contributed by atoms with E-state index in [1.165, 1.54) is 6.92 Å². The minimum atomic E-state index is -1.27. The molecule has 0 aromatic rings. The van der Waals surface area contributed by atoms with Crippen molar-refractivity contribution in [1.29, 1.82) is 0 Å². The van der Waals surface area contributed by atoms with Crippen LogP contribution in [0, 0.1) is 0 Å². The lowest BCUT2D eigenvalue weighted by Gasteiger charge is -2.15. The van der Waals surface area contributed by atoms with Crippen LogP contribution in [0.1, 0.15) is 27.2 Å². The number of carbonyl (C=O) groups is 1. The van der Waals surface area contributed by atoms with Crippen LogP contribution in [0.25, 0.3) is 0 Å². The first-order valence-electron chi connectivity index (χ1n) is 3.29. The first-order valence-corrected chi connectivity index (χ1v) is 3.29. The summed E-state index contributed by atoms with van der Waals surface area (Å²) < 4.78 is 4.88. The molecule has 0 aromatic carbocycles. The fourth-order valence-corrected chi connectivity index (χ4v) is 1.30. The summed E-state index contributed by atoms with van der Waals surface area (Å²) in [5.41, 5.74) is -1.77. The predicted molar refractivity (Wildman–Crippen MR) is 35.4 cm³/mol. The molecule has 0 aliphatic carbocycles. The lowest BCUT2D eigenvalue weighted by atomic mass is 9.95. The van der Waals surface area contributed by atoms with E-state index in [1.54, 1.807) is 13.8 Å². The molecule has 0 spiro atoms. The van der Waals surface area contributed by atoms with Gasteiger partial charge in [-0.05, 0) is 20.8 Å².